The van der Waals surface area contributed by atoms with E-state index in [1.807, 2.05) is 31.2 Å². The van der Waals surface area contributed by atoms with Crippen molar-refractivity contribution in [2.24, 2.45) is 0 Å². The molecular formula is C17H18ClF. The van der Waals surface area contributed by atoms with Crippen LogP contribution in [0.1, 0.15) is 31.9 Å². The maximum atomic E-state index is 14.0. The molecule has 0 saturated heterocycles. The molecule has 0 atom stereocenters. The van der Waals surface area contributed by atoms with Crippen LogP contribution in [0.3, 0.4) is 0 Å². The molecule has 0 amide bonds. The molecule has 0 radical (unpaired) electrons. The van der Waals surface area contributed by atoms with Crippen LogP contribution in [0.15, 0.2) is 36.4 Å². The molecule has 2 aromatic carbocycles. The molecule has 0 bridgehead atoms. The summed E-state index contributed by atoms with van der Waals surface area (Å²) in [6, 6.07) is 11.1. The molecule has 0 aliphatic heterocycles. The van der Waals surface area contributed by atoms with Crippen LogP contribution in [0.25, 0.3) is 11.1 Å². The second-order valence-electron chi connectivity index (χ2n) is 5.88. The Morgan fingerprint density at radius 2 is 1.53 bits per heavy atom. The molecule has 0 N–H and O–H groups in total. The van der Waals surface area contributed by atoms with Crippen LogP contribution in [-0.2, 0) is 5.41 Å². The summed E-state index contributed by atoms with van der Waals surface area (Å²) in [4.78, 5) is 0. The largest absolute Gasteiger partial charge is 0.206 e. The Hall–Kier alpha value is -1.34. The van der Waals surface area contributed by atoms with Crippen LogP contribution in [-0.4, -0.2) is 0 Å². The monoisotopic (exact) mass is 276 g/mol. The van der Waals surface area contributed by atoms with E-state index in [2.05, 4.69) is 20.8 Å². The first-order valence-corrected chi connectivity index (χ1v) is 6.74. The van der Waals surface area contributed by atoms with Crippen LogP contribution in [0.2, 0.25) is 5.02 Å². The molecule has 2 rings (SSSR count). The molecule has 0 aromatic heterocycles. The summed E-state index contributed by atoms with van der Waals surface area (Å²) >= 11 is 6.22. The van der Waals surface area contributed by atoms with Crippen molar-refractivity contribution in [3.8, 4) is 11.1 Å². The number of benzene rings is 2. The minimum Gasteiger partial charge on any atom is -0.206 e. The molecule has 0 saturated carbocycles. The third-order valence-corrected chi connectivity index (χ3v) is 3.81. The fraction of sp³-hybridized carbons (Fsp3) is 0.294. The molecular weight excluding hydrogens is 259 g/mol. The van der Waals surface area contributed by atoms with Gasteiger partial charge in [0.05, 0.1) is 5.02 Å². The Bertz CT molecular complexity index is 592. The van der Waals surface area contributed by atoms with Gasteiger partial charge in [-0.05, 0) is 35.1 Å². The van der Waals surface area contributed by atoms with E-state index in [-0.39, 0.29) is 11.2 Å². The Morgan fingerprint density at radius 1 is 0.947 bits per heavy atom. The van der Waals surface area contributed by atoms with Gasteiger partial charge in [0.2, 0.25) is 0 Å². The molecule has 0 aliphatic rings. The highest BCUT2D eigenvalue weighted by Gasteiger charge is 2.15. The van der Waals surface area contributed by atoms with Crippen LogP contribution in [0.4, 0.5) is 4.39 Å². The van der Waals surface area contributed by atoms with Gasteiger partial charge in [0.1, 0.15) is 5.82 Å². The van der Waals surface area contributed by atoms with Gasteiger partial charge in [-0.15, -0.1) is 0 Å². The van der Waals surface area contributed by atoms with Crippen molar-refractivity contribution in [1.82, 2.24) is 0 Å². The van der Waals surface area contributed by atoms with Crippen LogP contribution in [0.5, 0.6) is 0 Å². The van der Waals surface area contributed by atoms with E-state index in [0.29, 0.717) is 10.6 Å². The second kappa shape index (κ2) is 4.97. The van der Waals surface area contributed by atoms with Gasteiger partial charge in [0.15, 0.2) is 0 Å². The lowest BCUT2D eigenvalue weighted by atomic mass is 9.86. The van der Waals surface area contributed by atoms with Crippen molar-refractivity contribution in [3.05, 3.63) is 58.4 Å². The fourth-order valence-electron chi connectivity index (χ4n) is 2.06. The Balaban J connectivity index is 2.52. The molecule has 0 fully saturated rings. The summed E-state index contributed by atoms with van der Waals surface area (Å²) in [5, 5.41) is 0.489. The first-order valence-electron chi connectivity index (χ1n) is 6.36. The molecule has 0 aliphatic carbocycles. The van der Waals surface area contributed by atoms with Crippen LogP contribution >= 0.6 is 11.6 Å². The average Bonchev–Trinajstić information content (AvgIpc) is 2.34. The van der Waals surface area contributed by atoms with Gasteiger partial charge >= 0.3 is 0 Å². The molecule has 19 heavy (non-hydrogen) atoms. The molecule has 0 spiro atoms. The minimum atomic E-state index is -0.279. The summed E-state index contributed by atoms with van der Waals surface area (Å²) in [5.41, 5.74) is 3.51. The van der Waals surface area contributed by atoms with Crippen molar-refractivity contribution >= 4 is 11.6 Å². The maximum Gasteiger partial charge on any atom is 0.132 e. The minimum absolute atomic E-state index is 0.0907. The molecule has 2 aromatic rings. The first kappa shape index (κ1) is 14.1. The smallest absolute Gasteiger partial charge is 0.132 e. The Kier molecular flexibility index (Phi) is 3.69. The van der Waals surface area contributed by atoms with Crippen LogP contribution < -0.4 is 0 Å². The summed E-state index contributed by atoms with van der Waals surface area (Å²) in [6.45, 7) is 8.35. The summed E-state index contributed by atoms with van der Waals surface area (Å²) in [5.74, 6) is -0.279. The lowest BCUT2D eigenvalue weighted by molar-refractivity contribution is 0.590. The Morgan fingerprint density at radius 3 is 2.05 bits per heavy atom. The van der Waals surface area contributed by atoms with Gasteiger partial charge in [0, 0.05) is 5.56 Å². The van der Waals surface area contributed by atoms with Crippen molar-refractivity contribution < 1.29 is 4.39 Å². The highest BCUT2D eigenvalue weighted by Crippen LogP contribution is 2.34. The van der Waals surface area contributed by atoms with E-state index >= 15 is 0 Å². The quantitative estimate of drug-likeness (QED) is 0.622. The lowest BCUT2D eigenvalue weighted by Crippen LogP contribution is -2.10. The second-order valence-corrected chi connectivity index (χ2v) is 6.26. The van der Waals surface area contributed by atoms with E-state index in [4.69, 9.17) is 11.6 Å². The third kappa shape index (κ3) is 2.82. The standard InChI is InChI=1S/C17H18ClF/c1-11-5-10-14(19)15(16(11)18)12-6-8-13(9-7-12)17(2,3)4/h5-10H,1-4H3. The van der Waals surface area contributed by atoms with E-state index in [9.17, 15) is 4.39 Å². The molecule has 0 unspecified atom stereocenters. The Labute approximate surface area is 119 Å². The summed E-state index contributed by atoms with van der Waals surface area (Å²) < 4.78 is 14.0. The van der Waals surface area contributed by atoms with Gasteiger partial charge < -0.3 is 0 Å². The highest BCUT2D eigenvalue weighted by atomic mass is 35.5. The number of aryl methyl sites for hydroxylation is 1. The molecule has 0 heterocycles. The van der Waals surface area contributed by atoms with Gasteiger partial charge in [-0.3, -0.25) is 0 Å². The summed E-state index contributed by atoms with van der Waals surface area (Å²) in [7, 11) is 0. The molecule has 0 nitrogen and oxygen atoms in total. The predicted molar refractivity (Wildman–Crippen MR) is 80.3 cm³/mol. The predicted octanol–water partition coefficient (Wildman–Crippen LogP) is 5.75. The van der Waals surface area contributed by atoms with E-state index in [0.717, 1.165) is 11.1 Å². The van der Waals surface area contributed by atoms with Crippen LogP contribution in [0, 0.1) is 12.7 Å². The SMILES string of the molecule is Cc1ccc(F)c(-c2ccc(C(C)(C)C)cc2)c1Cl. The molecule has 2 heteroatoms. The van der Waals surface area contributed by atoms with Gasteiger partial charge in [-0.1, -0.05) is 62.7 Å². The topological polar surface area (TPSA) is 0 Å². The fourth-order valence-corrected chi connectivity index (χ4v) is 2.32. The maximum absolute atomic E-state index is 14.0. The normalized spacial score (nSPS) is 11.7. The zero-order valence-corrected chi connectivity index (χ0v) is 12.5. The highest BCUT2D eigenvalue weighted by molar-refractivity contribution is 6.34. The average molecular weight is 277 g/mol. The van der Waals surface area contributed by atoms with Crippen molar-refractivity contribution in [2.75, 3.05) is 0 Å². The number of halogens is 2. The number of hydrogen-bond acceptors (Lipinski definition) is 0. The van der Waals surface area contributed by atoms with Crippen molar-refractivity contribution in [1.29, 1.82) is 0 Å². The van der Waals surface area contributed by atoms with Gasteiger partial charge in [-0.2, -0.15) is 0 Å². The van der Waals surface area contributed by atoms with E-state index < -0.39 is 0 Å². The zero-order valence-electron chi connectivity index (χ0n) is 11.7. The number of hydrogen-bond donors (Lipinski definition) is 0. The molecule has 100 valence electrons. The zero-order chi connectivity index (χ0) is 14.2. The van der Waals surface area contributed by atoms with Crippen molar-refractivity contribution in [2.45, 2.75) is 33.1 Å². The third-order valence-electron chi connectivity index (χ3n) is 3.32. The first-order chi connectivity index (χ1) is 8.80. The lowest BCUT2D eigenvalue weighted by Gasteiger charge is -2.19. The van der Waals surface area contributed by atoms with Crippen molar-refractivity contribution in [3.63, 3.8) is 0 Å². The summed E-state index contributed by atoms with van der Waals surface area (Å²) in [6.07, 6.45) is 0. The van der Waals surface area contributed by atoms with Gasteiger partial charge in [-0.25, -0.2) is 4.39 Å². The number of rotatable bonds is 1. The van der Waals surface area contributed by atoms with Gasteiger partial charge in [0.25, 0.3) is 0 Å². The van der Waals surface area contributed by atoms with E-state index in [1.54, 1.807) is 6.07 Å². The van der Waals surface area contributed by atoms with E-state index in [1.165, 1.54) is 11.6 Å².